The lowest BCUT2D eigenvalue weighted by Gasteiger charge is -2.26. The average molecular weight is 486 g/mol. The van der Waals surface area contributed by atoms with E-state index in [4.69, 9.17) is 20.9 Å². The molecule has 2 heterocycles. The van der Waals surface area contributed by atoms with Gasteiger partial charge in [0.15, 0.2) is 5.82 Å². The van der Waals surface area contributed by atoms with Crippen LogP contribution in [0.3, 0.4) is 0 Å². The first-order valence-electron chi connectivity index (χ1n) is 10.3. The van der Waals surface area contributed by atoms with Gasteiger partial charge in [0, 0.05) is 25.2 Å². The van der Waals surface area contributed by atoms with Crippen molar-refractivity contribution in [1.82, 2.24) is 19.3 Å². The number of anilines is 1. The molecule has 12 heteroatoms. The van der Waals surface area contributed by atoms with Crippen LogP contribution in [0, 0.1) is 5.92 Å². The Labute approximate surface area is 192 Å². The first kappa shape index (κ1) is 24.6. The van der Waals surface area contributed by atoms with Crippen LogP contribution in [0.4, 0.5) is 5.69 Å². The van der Waals surface area contributed by atoms with Crippen molar-refractivity contribution in [3.8, 4) is 0 Å². The number of likely N-dealkylation sites (N-methyl/N-ethyl adjacent to an activating group) is 1. The van der Waals surface area contributed by atoms with Gasteiger partial charge in [0.25, 0.3) is 0 Å². The van der Waals surface area contributed by atoms with E-state index in [0.717, 1.165) is 0 Å². The molecule has 3 rings (SSSR count). The third-order valence-electron chi connectivity index (χ3n) is 4.72. The summed E-state index contributed by atoms with van der Waals surface area (Å²) >= 11 is 6.16. The fraction of sp³-hybridized carbons (Fsp3) is 0.550. The summed E-state index contributed by atoms with van der Waals surface area (Å²) in [6.45, 7) is 5.71. The molecule has 1 aromatic carbocycles. The van der Waals surface area contributed by atoms with Crippen LogP contribution in [0.15, 0.2) is 27.6 Å². The third kappa shape index (κ3) is 6.48. The smallest absolute Gasteiger partial charge is 0.244 e. The number of sulfonamides is 1. The maximum absolute atomic E-state index is 12.9. The van der Waals surface area contributed by atoms with Crippen LogP contribution in [0.1, 0.15) is 25.6 Å². The van der Waals surface area contributed by atoms with E-state index in [1.54, 1.807) is 18.0 Å². The monoisotopic (exact) mass is 485 g/mol. The Morgan fingerprint density at radius 2 is 2.03 bits per heavy atom. The second-order valence-electron chi connectivity index (χ2n) is 8.08. The van der Waals surface area contributed by atoms with Crippen molar-refractivity contribution in [2.24, 2.45) is 5.92 Å². The second kappa shape index (κ2) is 10.7. The predicted octanol–water partition coefficient (Wildman–Crippen LogP) is 2.01. The van der Waals surface area contributed by atoms with Crippen molar-refractivity contribution >= 4 is 33.2 Å². The van der Waals surface area contributed by atoms with Gasteiger partial charge in [-0.25, -0.2) is 8.42 Å². The van der Waals surface area contributed by atoms with Gasteiger partial charge in [0.1, 0.15) is 4.90 Å². The minimum absolute atomic E-state index is 0.0447. The van der Waals surface area contributed by atoms with Gasteiger partial charge in [-0.1, -0.05) is 30.6 Å². The normalized spacial score (nSPS) is 15.4. The van der Waals surface area contributed by atoms with E-state index in [0.29, 0.717) is 49.5 Å². The number of carbonyl (C=O) groups excluding carboxylic acids is 1. The van der Waals surface area contributed by atoms with Gasteiger partial charge in [0.2, 0.25) is 21.8 Å². The molecule has 0 bridgehead atoms. The van der Waals surface area contributed by atoms with E-state index >= 15 is 0 Å². The van der Waals surface area contributed by atoms with E-state index in [9.17, 15) is 13.2 Å². The van der Waals surface area contributed by atoms with E-state index in [-0.39, 0.29) is 35.5 Å². The molecule has 1 aromatic heterocycles. The number of halogens is 1. The SMILES string of the molecule is CC(C)Cc1nc(CN(C)CC(=O)Nc2ccc(Cl)c(S(=O)(=O)N3CCOCC3)c2)no1. The average Bonchev–Trinajstić information content (AvgIpc) is 3.15. The first-order valence-corrected chi connectivity index (χ1v) is 12.1. The fourth-order valence-electron chi connectivity index (χ4n) is 3.23. The molecular formula is C20H28ClN5O5S. The zero-order valence-electron chi connectivity index (χ0n) is 18.4. The number of hydrogen-bond donors (Lipinski definition) is 1. The van der Waals surface area contributed by atoms with Gasteiger partial charge in [-0.2, -0.15) is 9.29 Å². The van der Waals surface area contributed by atoms with Crippen molar-refractivity contribution < 1.29 is 22.5 Å². The number of amides is 1. The largest absolute Gasteiger partial charge is 0.379 e. The van der Waals surface area contributed by atoms with E-state index in [2.05, 4.69) is 29.3 Å². The molecule has 1 N–H and O–H groups in total. The molecule has 0 spiro atoms. The number of morpholine rings is 1. The van der Waals surface area contributed by atoms with Gasteiger partial charge in [-0.05, 0) is 31.2 Å². The van der Waals surface area contributed by atoms with Crippen LogP contribution >= 0.6 is 11.6 Å². The summed E-state index contributed by atoms with van der Waals surface area (Å²) < 4.78 is 37.6. The molecule has 1 amide bonds. The van der Waals surface area contributed by atoms with Crippen LogP contribution in [-0.2, 0) is 32.5 Å². The number of aromatic nitrogens is 2. The predicted molar refractivity (Wildman–Crippen MR) is 119 cm³/mol. The van der Waals surface area contributed by atoms with Gasteiger partial charge in [-0.3, -0.25) is 9.69 Å². The maximum Gasteiger partial charge on any atom is 0.244 e. The molecule has 1 saturated heterocycles. The summed E-state index contributed by atoms with van der Waals surface area (Å²) in [7, 11) is -2.03. The number of nitrogens with one attached hydrogen (secondary N) is 1. The number of hydrogen-bond acceptors (Lipinski definition) is 8. The fourth-order valence-corrected chi connectivity index (χ4v) is 5.14. The first-order chi connectivity index (χ1) is 15.1. The second-order valence-corrected chi connectivity index (χ2v) is 10.4. The molecule has 0 saturated carbocycles. The third-order valence-corrected chi connectivity index (χ3v) is 7.10. The lowest BCUT2D eigenvalue weighted by molar-refractivity contribution is -0.117. The number of rotatable bonds is 9. The Morgan fingerprint density at radius 3 is 2.72 bits per heavy atom. The lowest BCUT2D eigenvalue weighted by atomic mass is 10.1. The molecule has 0 aliphatic carbocycles. The van der Waals surface area contributed by atoms with E-state index in [1.807, 2.05) is 0 Å². The van der Waals surface area contributed by atoms with E-state index in [1.165, 1.54) is 16.4 Å². The van der Waals surface area contributed by atoms with Crippen molar-refractivity contribution in [3.63, 3.8) is 0 Å². The molecule has 176 valence electrons. The van der Waals surface area contributed by atoms with Gasteiger partial charge < -0.3 is 14.6 Å². The van der Waals surface area contributed by atoms with Gasteiger partial charge in [-0.15, -0.1) is 0 Å². The summed E-state index contributed by atoms with van der Waals surface area (Å²) in [5.41, 5.74) is 0.346. The van der Waals surface area contributed by atoms with Crippen LogP contribution in [0.2, 0.25) is 5.02 Å². The quantitative estimate of drug-likeness (QED) is 0.573. The molecule has 1 aliphatic rings. The Morgan fingerprint density at radius 1 is 1.31 bits per heavy atom. The number of nitrogens with zero attached hydrogens (tertiary/aromatic N) is 4. The Kier molecular flexibility index (Phi) is 8.23. The maximum atomic E-state index is 12.9. The Hall–Kier alpha value is -2.05. The van der Waals surface area contributed by atoms with Crippen LogP contribution in [0.25, 0.3) is 0 Å². The highest BCUT2D eigenvalue weighted by Gasteiger charge is 2.28. The Balaban J connectivity index is 1.61. The molecule has 32 heavy (non-hydrogen) atoms. The van der Waals surface area contributed by atoms with E-state index < -0.39 is 10.0 Å². The Bertz CT molecular complexity index is 1040. The summed E-state index contributed by atoms with van der Waals surface area (Å²) in [5.74, 6) is 1.17. The van der Waals surface area contributed by atoms with Gasteiger partial charge in [0.05, 0.1) is 31.3 Å². The molecule has 1 aliphatic heterocycles. The highest BCUT2D eigenvalue weighted by atomic mass is 35.5. The lowest BCUT2D eigenvalue weighted by Crippen LogP contribution is -2.40. The summed E-state index contributed by atoms with van der Waals surface area (Å²) in [4.78, 5) is 18.5. The van der Waals surface area contributed by atoms with Crippen LogP contribution < -0.4 is 5.32 Å². The molecule has 0 unspecified atom stereocenters. The van der Waals surface area contributed by atoms with Crippen molar-refractivity contribution in [2.45, 2.75) is 31.7 Å². The van der Waals surface area contributed by atoms with Gasteiger partial charge >= 0.3 is 0 Å². The van der Waals surface area contributed by atoms with Crippen molar-refractivity contribution in [1.29, 1.82) is 0 Å². The van der Waals surface area contributed by atoms with Crippen molar-refractivity contribution in [2.75, 3.05) is 45.2 Å². The number of benzene rings is 1. The molecule has 0 radical (unpaired) electrons. The highest BCUT2D eigenvalue weighted by Crippen LogP contribution is 2.28. The van der Waals surface area contributed by atoms with Crippen molar-refractivity contribution in [3.05, 3.63) is 34.9 Å². The molecule has 10 nitrogen and oxygen atoms in total. The van der Waals surface area contributed by atoms with Crippen LogP contribution in [0.5, 0.6) is 0 Å². The van der Waals surface area contributed by atoms with Crippen LogP contribution in [-0.4, -0.2) is 73.6 Å². The summed E-state index contributed by atoms with van der Waals surface area (Å²) in [6, 6.07) is 4.40. The molecular weight excluding hydrogens is 458 g/mol. The zero-order valence-corrected chi connectivity index (χ0v) is 19.9. The number of ether oxygens (including phenoxy) is 1. The molecule has 0 atom stereocenters. The molecule has 2 aromatic rings. The molecule has 1 fully saturated rings. The topological polar surface area (TPSA) is 118 Å². The highest BCUT2D eigenvalue weighted by molar-refractivity contribution is 7.89. The zero-order chi connectivity index (χ0) is 23.3. The summed E-state index contributed by atoms with van der Waals surface area (Å²) in [5, 5.41) is 6.76. The standard InChI is InChI=1S/C20H28ClN5O5S/c1-14(2)10-20-23-18(24-31-20)12-25(3)13-19(27)22-15-4-5-16(21)17(11-15)32(28,29)26-6-8-30-9-7-26/h4-5,11,14H,6-10,12-13H2,1-3H3,(H,22,27). The minimum atomic E-state index is -3.79. The number of carbonyl (C=O) groups is 1. The minimum Gasteiger partial charge on any atom is -0.379 e. The summed E-state index contributed by atoms with van der Waals surface area (Å²) in [6.07, 6.45) is 0.698.